The molecule has 0 bridgehead atoms. The van der Waals surface area contributed by atoms with Gasteiger partial charge < -0.3 is 14.0 Å². The second-order valence-electron chi connectivity index (χ2n) is 8.09. The number of aryl methyl sites for hydroxylation is 1. The van der Waals surface area contributed by atoms with Crippen LogP contribution in [0.25, 0.3) is 11.3 Å². The van der Waals surface area contributed by atoms with Gasteiger partial charge in [0.05, 0.1) is 26.5 Å². The highest BCUT2D eigenvalue weighted by Crippen LogP contribution is 2.36. The first kappa shape index (κ1) is 21.4. The van der Waals surface area contributed by atoms with Gasteiger partial charge in [-0.1, -0.05) is 18.0 Å². The Kier molecular flexibility index (Phi) is 6.61. The minimum Gasteiger partial charge on any atom is -0.493 e. The van der Waals surface area contributed by atoms with Gasteiger partial charge in [-0.25, -0.2) is 0 Å². The fraction of sp³-hybridized carbons (Fsp3) is 0.500. The second kappa shape index (κ2) is 9.56. The van der Waals surface area contributed by atoms with Crippen molar-refractivity contribution in [3.05, 3.63) is 47.4 Å². The number of ether oxygens (including phenoxy) is 2. The van der Waals surface area contributed by atoms with Crippen molar-refractivity contribution in [2.24, 2.45) is 0 Å². The van der Waals surface area contributed by atoms with E-state index in [0.717, 1.165) is 43.1 Å². The molecule has 4 rings (SSSR count). The van der Waals surface area contributed by atoms with Crippen LogP contribution in [0.4, 0.5) is 0 Å². The first-order valence-electron chi connectivity index (χ1n) is 11.1. The molecule has 166 valence electrons. The van der Waals surface area contributed by atoms with Crippen LogP contribution in [0, 0.1) is 6.92 Å². The molecule has 31 heavy (non-hydrogen) atoms. The van der Waals surface area contributed by atoms with Crippen molar-refractivity contribution in [2.75, 3.05) is 20.8 Å². The predicted octanol–water partition coefficient (Wildman–Crippen LogP) is 5.00. The Hall–Kier alpha value is -2.80. The molecule has 1 fully saturated rings. The van der Waals surface area contributed by atoms with Gasteiger partial charge in [0.15, 0.2) is 17.3 Å². The van der Waals surface area contributed by atoms with Crippen molar-refractivity contribution in [3.63, 3.8) is 0 Å². The molecule has 0 saturated carbocycles. The Morgan fingerprint density at radius 2 is 1.94 bits per heavy atom. The van der Waals surface area contributed by atoms with Crippen LogP contribution < -0.4 is 9.47 Å². The number of aromatic nitrogens is 3. The minimum absolute atomic E-state index is 0.240. The third kappa shape index (κ3) is 4.46. The summed E-state index contributed by atoms with van der Waals surface area (Å²) in [4.78, 5) is 2.53. The molecule has 3 aromatic rings. The molecule has 0 unspecified atom stereocenters. The van der Waals surface area contributed by atoms with Crippen LogP contribution in [0.3, 0.4) is 0 Å². The number of rotatable bonds is 7. The third-order valence-electron chi connectivity index (χ3n) is 6.28. The van der Waals surface area contributed by atoms with Gasteiger partial charge in [0.25, 0.3) is 0 Å². The lowest BCUT2D eigenvalue weighted by atomic mass is 10.0. The monoisotopic (exact) mass is 424 g/mol. The van der Waals surface area contributed by atoms with Crippen LogP contribution in [-0.2, 0) is 13.1 Å². The lowest BCUT2D eigenvalue weighted by molar-refractivity contribution is 0.183. The van der Waals surface area contributed by atoms with Gasteiger partial charge in [-0.3, -0.25) is 9.58 Å². The number of benzene rings is 1. The van der Waals surface area contributed by atoms with Gasteiger partial charge >= 0.3 is 0 Å². The number of methoxy groups -OCH3 is 2. The SMILES string of the molecule is CCn1ncc(CN2CCCCC[C@H]2c2cc(-c3ccc(OC)c(OC)c3)on2)c1C. The van der Waals surface area contributed by atoms with E-state index in [9.17, 15) is 0 Å². The van der Waals surface area contributed by atoms with E-state index in [1.54, 1.807) is 14.2 Å². The molecule has 1 aromatic carbocycles. The number of nitrogens with zero attached hydrogens (tertiary/aromatic N) is 4. The molecule has 1 atom stereocenters. The third-order valence-corrected chi connectivity index (χ3v) is 6.28. The Morgan fingerprint density at radius 3 is 2.68 bits per heavy atom. The molecule has 0 spiro atoms. The highest BCUT2D eigenvalue weighted by molar-refractivity contribution is 5.62. The van der Waals surface area contributed by atoms with E-state index in [1.165, 1.54) is 30.5 Å². The topological polar surface area (TPSA) is 65.6 Å². The first-order chi connectivity index (χ1) is 15.1. The van der Waals surface area contributed by atoms with Crippen LogP contribution in [-0.4, -0.2) is 40.6 Å². The maximum atomic E-state index is 5.77. The Balaban J connectivity index is 1.59. The number of likely N-dealkylation sites (tertiary alicyclic amines) is 1. The van der Waals surface area contributed by atoms with E-state index >= 15 is 0 Å². The molecule has 3 heterocycles. The van der Waals surface area contributed by atoms with Gasteiger partial charge in [-0.2, -0.15) is 5.10 Å². The van der Waals surface area contributed by atoms with Crippen LogP contribution in [0.5, 0.6) is 11.5 Å². The summed E-state index contributed by atoms with van der Waals surface area (Å²) in [5.74, 6) is 2.12. The van der Waals surface area contributed by atoms with Crippen molar-refractivity contribution in [2.45, 2.75) is 58.7 Å². The molecule has 2 aromatic heterocycles. The Bertz CT molecular complexity index is 1010. The van der Waals surface area contributed by atoms with Crippen molar-refractivity contribution < 1.29 is 14.0 Å². The largest absolute Gasteiger partial charge is 0.493 e. The van der Waals surface area contributed by atoms with E-state index in [1.807, 2.05) is 24.4 Å². The zero-order chi connectivity index (χ0) is 21.8. The molecule has 1 saturated heterocycles. The molecule has 0 amide bonds. The van der Waals surface area contributed by atoms with Crippen molar-refractivity contribution in [3.8, 4) is 22.8 Å². The van der Waals surface area contributed by atoms with Crippen LogP contribution in [0.15, 0.2) is 35.0 Å². The molecule has 7 nitrogen and oxygen atoms in total. The lowest BCUT2D eigenvalue weighted by Crippen LogP contribution is -2.28. The molecule has 0 N–H and O–H groups in total. The fourth-order valence-electron chi connectivity index (χ4n) is 4.44. The molecule has 1 aliphatic heterocycles. The maximum Gasteiger partial charge on any atom is 0.167 e. The predicted molar refractivity (Wildman–Crippen MR) is 119 cm³/mol. The van der Waals surface area contributed by atoms with Gasteiger partial charge in [0, 0.05) is 36.0 Å². The summed E-state index contributed by atoms with van der Waals surface area (Å²) in [6.45, 7) is 7.12. The zero-order valence-electron chi connectivity index (χ0n) is 18.9. The number of hydrogen-bond acceptors (Lipinski definition) is 6. The Labute approximate surface area is 183 Å². The number of hydrogen-bond donors (Lipinski definition) is 0. The normalized spacial score (nSPS) is 17.5. The summed E-state index contributed by atoms with van der Waals surface area (Å²) in [5, 5.41) is 9.01. The van der Waals surface area contributed by atoms with Crippen LogP contribution in [0.2, 0.25) is 0 Å². The zero-order valence-corrected chi connectivity index (χ0v) is 18.9. The lowest BCUT2D eigenvalue weighted by Gasteiger charge is -2.28. The summed E-state index contributed by atoms with van der Waals surface area (Å²) < 4.78 is 18.6. The summed E-state index contributed by atoms with van der Waals surface area (Å²) in [6, 6.07) is 8.11. The highest BCUT2D eigenvalue weighted by Gasteiger charge is 2.27. The molecular weight excluding hydrogens is 392 g/mol. The average molecular weight is 425 g/mol. The molecule has 0 aliphatic carbocycles. The van der Waals surface area contributed by atoms with E-state index in [4.69, 9.17) is 14.0 Å². The standard InChI is InChI=1S/C24H32N4O3/c1-5-28-17(2)19(15-25-28)16-27-12-8-6-7-9-21(27)20-14-23(31-26-20)18-10-11-22(29-3)24(13-18)30-4/h10-11,13-15,21H,5-9,12,16H2,1-4H3/t21-/m0/s1. The van der Waals surface area contributed by atoms with Crippen molar-refractivity contribution >= 4 is 0 Å². The van der Waals surface area contributed by atoms with Crippen molar-refractivity contribution in [1.29, 1.82) is 0 Å². The smallest absolute Gasteiger partial charge is 0.167 e. The van der Waals surface area contributed by atoms with Gasteiger partial charge in [-0.15, -0.1) is 0 Å². The van der Waals surface area contributed by atoms with Crippen LogP contribution >= 0.6 is 0 Å². The Morgan fingerprint density at radius 1 is 1.10 bits per heavy atom. The average Bonchev–Trinajstić information content (AvgIpc) is 3.35. The molecule has 0 radical (unpaired) electrons. The minimum atomic E-state index is 0.240. The molecular formula is C24H32N4O3. The van der Waals surface area contributed by atoms with E-state index in [0.29, 0.717) is 11.5 Å². The molecule has 1 aliphatic rings. The molecule has 7 heteroatoms. The van der Waals surface area contributed by atoms with E-state index in [2.05, 4.69) is 39.8 Å². The van der Waals surface area contributed by atoms with E-state index < -0.39 is 0 Å². The summed E-state index contributed by atoms with van der Waals surface area (Å²) >= 11 is 0. The van der Waals surface area contributed by atoms with Crippen LogP contribution in [0.1, 0.15) is 55.6 Å². The van der Waals surface area contributed by atoms with Gasteiger partial charge in [0.2, 0.25) is 0 Å². The van der Waals surface area contributed by atoms with Crippen molar-refractivity contribution in [1.82, 2.24) is 19.8 Å². The second-order valence-corrected chi connectivity index (χ2v) is 8.09. The quantitative estimate of drug-likeness (QED) is 0.532. The highest BCUT2D eigenvalue weighted by atomic mass is 16.5. The van der Waals surface area contributed by atoms with Gasteiger partial charge in [-0.05, 0) is 51.4 Å². The summed E-state index contributed by atoms with van der Waals surface area (Å²) in [5.41, 5.74) is 4.46. The summed E-state index contributed by atoms with van der Waals surface area (Å²) in [6.07, 6.45) is 6.75. The van der Waals surface area contributed by atoms with Gasteiger partial charge in [0.1, 0.15) is 5.69 Å². The summed E-state index contributed by atoms with van der Waals surface area (Å²) in [7, 11) is 3.27. The first-order valence-corrected chi connectivity index (χ1v) is 11.1. The van der Waals surface area contributed by atoms with E-state index in [-0.39, 0.29) is 6.04 Å². The fourth-order valence-corrected chi connectivity index (χ4v) is 4.44. The maximum absolute atomic E-state index is 5.77.